The first-order valence-corrected chi connectivity index (χ1v) is 5.87. The van der Waals surface area contributed by atoms with Crippen molar-refractivity contribution in [2.75, 3.05) is 0 Å². The zero-order valence-corrected chi connectivity index (χ0v) is 9.68. The highest BCUT2D eigenvalue weighted by atomic mass is 16.5. The molecule has 0 saturated carbocycles. The molecule has 2 aliphatic rings. The molecule has 1 heterocycles. The molecule has 1 aliphatic heterocycles. The van der Waals surface area contributed by atoms with E-state index >= 15 is 0 Å². The molecule has 1 aliphatic carbocycles. The molecule has 3 nitrogen and oxygen atoms in total. The van der Waals surface area contributed by atoms with Crippen LogP contribution in [0.4, 0.5) is 0 Å². The minimum absolute atomic E-state index is 0.182. The first-order valence-electron chi connectivity index (χ1n) is 5.87. The average Bonchev–Trinajstić information content (AvgIpc) is 2.67. The molecule has 0 spiro atoms. The van der Waals surface area contributed by atoms with Crippen LogP contribution in [0.1, 0.15) is 30.4 Å². The maximum atomic E-state index is 8.93. The van der Waals surface area contributed by atoms with Gasteiger partial charge in [-0.3, -0.25) is 0 Å². The highest BCUT2D eigenvalue weighted by Gasteiger charge is 2.37. The Morgan fingerprint density at radius 1 is 1.47 bits per heavy atom. The second kappa shape index (κ2) is 3.53. The quantitative estimate of drug-likeness (QED) is 0.738. The molecule has 17 heavy (non-hydrogen) atoms. The van der Waals surface area contributed by atoms with E-state index in [1.54, 1.807) is 6.07 Å². The number of hydrogen-bond donors (Lipinski definition) is 1. The van der Waals surface area contributed by atoms with Crippen LogP contribution in [0.15, 0.2) is 30.0 Å². The molecule has 1 aromatic rings. The Kier molecular flexibility index (Phi) is 2.12. The van der Waals surface area contributed by atoms with Crippen LogP contribution >= 0.6 is 0 Å². The Balaban J connectivity index is 2.06. The van der Waals surface area contributed by atoms with E-state index in [0.29, 0.717) is 11.5 Å². The number of hydrogen-bond acceptors (Lipinski definition) is 3. The van der Waals surface area contributed by atoms with Crippen molar-refractivity contribution in [3.63, 3.8) is 0 Å². The number of nitrogens with zero attached hydrogens (tertiary/aromatic N) is 1. The number of rotatable bonds is 0. The smallest absolute Gasteiger partial charge is 0.123 e. The van der Waals surface area contributed by atoms with Crippen molar-refractivity contribution in [1.29, 1.82) is 5.26 Å². The number of allylic oxidation sites excluding steroid dienone is 1. The van der Waals surface area contributed by atoms with E-state index in [1.807, 2.05) is 12.1 Å². The number of nitriles is 1. The van der Waals surface area contributed by atoms with Gasteiger partial charge in [0.25, 0.3) is 0 Å². The Morgan fingerprint density at radius 3 is 3.06 bits per heavy atom. The first-order chi connectivity index (χ1) is 8.19. The largest absolute Gasteiger partial charge is 0.489 e. The third kappa shape index (κ3) is 1.49. The molecule has 0 radical (unpaired) electrons. The van der Waals surface area contributed by atoms with Gasteiger partial charge in [-0.1, -0.05) is 13.0 Å². The van der Waals surface area contributed by atoms with Gasteiger partial charge >= 0.3 is 0 Å². The molecule has 2 N–H and O–H groups in total. The van der Waals surface area contributed by atoms with Crippen LogP contribution in [-0.4, -0.2) is 6.10 Å². The maximum Gasteiger partial charge on any atom is 0.123 e. The molecule has 3 unspecified atom stereocenters. The zero-order chi connectivity index (χ0) is 12.0. The number of fused-ring (bicyclic) bond motifs is 3. The van der Waals surface area contributed by atoms with E-state index in [4.69, 9.17) is 15.7 Å². The lowest BCUT2D eigenvalue weighted by Crippen LogP contribution is -2.28. The van der Waals surface area contributed by atoms with Gasteiger partial charge in [-0.05, 0) is 30.5 Å². The Bertz CT molecular complexity index is 542. The van der Waals surface area contributed by atoms with E-state index in [1.165, 1.54) is 0 Å². The molecule has 3 heteroatoms. The third-order valence-corrected chi connectivity index (χ3v) is 3.70. The molecule has 86 valence electrons. The lowest BCUT2D eigenvalue weighted by Gasteiger charge is -2.26. The highest BCUT2D eigenvalue weighted by molar-refractivity contribution is 5.49. The van der Waals surface area contributed by atoms with Crippen molar-refractivity contribution in [2.24, 2.45) is 11.7 Å². The molecule has 0 aromatic heterocycles. The van der Waals surface area contributed by atoms with Crippen molar-refractivity contribution in [3.8, 4) is 11.8 Å². The summed E-state index contributed by atoms with van der Waals surface area (Å²) >= 11 is 0. The van der Waals surface area contributed by atoms with Crippen LogP contribution in [0, 0.1) is 17.2 Å². The fourth-order valence-corrected chi connectivity index (χ4v) is 2.67. The van der Waals surface area contributed by atoms with Gasteiger partial charge in [0.2, 0.25) is 0 Å². The van der Waals surface area contributed by atoms with Gasteiger partial charge in [0.1, 0.15) is 11.9 Å². The average molecular weight is 226 g/mol. The van der Waals surface area contributed by atoms with Crippen molar-refractivity contribution in [2.45, 2.75) is 25.4 Å². The Morgan fingerprint density at radius 2 is 2.29 bits per heavy atom. The fraction of sp³-hybridized carbons (Fsp3) is 0.357. The summed E-state index contributed by atoms with van der Waals surface area (Å²) in [4.78, 5) is 0. The number of nitrogens with two attached hydrogens (primary N) is 1. The second-order valence-electron chi connectivity index (χ2n) is 4.85. The van der Waals surface area contributed by atoms with E-state index in [0.717, 1.165) is 23.4 Å². The summed E-state index contributed by atoms with van der Waals surface area (Å²) in [7, 11) is 0. The van der Waals surface area contributed by atoms with Crippen LogP contribution < -0.4 is 10.5 Å². The fourth-order valence-electron chi connectivity index (χ4n) is 2.67. The van der Waals surface area contributed by atoms with E-state index in [9.17, 15) is 0 Å². The SMILES string of the molecule is CC1CC2Oc3ccc(C#N)cc3C2C=C1N. The van der Waals surface area contributed by atoms with Crippen molar-refractivity contribution < 1.29 is 4.74 Å². The molecule has 0 fully saturated rings. The second-order valence-corrected chi connectivity index (χ2v) is 4.85. The lowest BCUT2D eigenvalue weighted by molar-refractivity contribution is 0.183. The predicted molar refractivity (Wildman–Crippen MR) is 64.4 cm³/mol. The summed E-state index contributed by atoms with van der Waals surface area (Å²) in [5.41, 5.74) is 8.72. The van der Waals surface area contributed by atoms with Crippen LogP contribution in [0.3, 0.4) is 0 Å². The van der Waals surface area contributed by atoms with Gasteiger partial charge in [0, 0.05) is 17.2 Å². The third-order valence-electron chi connectivity index (χ3n) is 3.70. The monoisotopic (exact) mass is 226 g/mol. The van der Waals surface area contributed by atoms with Gasteiger partial charge < -0.3 is 10.5 Å². The molecule has 3 rings (SSSR count). The summed E-state index contributed by atoms with van der Waals surface area (Å²) in [5.74, 6) is 1.49. The minimum Gasteiger partial charge on any atom is -0.489 e. The molecule has 0 bridgehead atoms. The summed E-state index contributed by atoms with van der Waals surface area (Å²) in [5, 5.41) is 8.93. The van der Waals surface area contributed by atoms with Gasteiger partial charge in [0.15, 0.2) is 0 Å². The van der Waals surface area contributed by atoms with E-state index in [-0.39, 0.29) is 12.0 Å². The molecule has 0 saturated heterocycles. The van der Waals surface area contributed by atoms with E-state index in [2.05, 4.69) is 19.1 Å². The van der Waals surface area contributed by atoms with Crippen molar-refractivity contribution in [1.82, 2.24) is 0 Å². The number of benzene rings is 1. The van der Waals surface area contributed by atoms with Crippen molar-refractivity contribution >= 4 is 0 Å². The van der Waals surface area contributed by atoms with Crippen molar-refractivity contribution in [3.05, 3.63) is 41.1 Å². The Labute approximate surface area is 100 Å². The lowest BCUT2D eigenvalue weighted by atomic mass is 9.82. The molecule has 1 aromatic carbocycles. The summed E-state index contributed by atoms with van der Waals surface area (Å²) in [6, 6.07) is 7.77. The normalized spacial score (nSPS) is 29.6. The predicted octanol–water partition coefficient (Wildman–Crippen LogP) is 2.29. The molecular weight excluding hydrogens is 212 g/mol. The van der Waals surface area contributed by atoms with Crippen LogP contribution in [0.25, 0.3) is 0 Å². The van der Waals surface area contributed by atoms with Gasteiger partial charge in [-0.15, -0.1) is 0 Å². The summed E-state index contributed by atoms with van der Waals surface area (Å²) in [6.45, 7) is 2.12. The van der Waals surface area contributed by atoms with Crippen LogP contribution in [0.5, 0.6) is 5.75 Å². The van der Waals surface area contributed by atoms with Gasteiger partial charge in [-0.2, -0.15) is 5.26 Å². The van der Waals surface area contributed by atoms with E-state index < -0.39 is 0 Å². The van der Waals surface area contributed by atoms with Gasteiger partial charge in [0.05, 0.1) is 11.6 Å². The zero-order valence-electron chi connectivity index (χ0n) is 9.68. The maximum absolute atomic E-state index is 8.93. The molecule has 3 atom stereocenters. The summed E-state index contributed by atoms with van der Waals surface area (Å²) in [6.07, 6.45) is 3.22. The molecular formula is C14H14N2O. The standard InChI is InChI=1S/C14H14N2O/c1-8-4-14-11(6-12(8)16)10-5-9(7-15)2-3-13(10)17-14/h2-3,5-6,8,11,14H,4,16H2,1H3. The highest BCUT2D eigenvalue weighted by Crippen LogP contribution is 2.45. The molecule has 0 amide bonds. The minimum atomic E-state index is 0.182. The summed E-state index contributed by atoms with van der Waals surface area (Å²) < 4.78 is 5.92. The number of ether oxygens (including phenoxy) is 1. The topological polar surface area (TPSA) is 59.0 Å². The first kappa shape index (κ1) is 10.2. The Hall–Kier alpha value is -1.95. The van der Waals surface area contributed by atoms with Gasteiger partial charge in [-0.25, -0.2) is 0 Å². The van der Waals surface area contributed by atoms with Crippen LogP contribution in [-0.2, 0) is 0 Å². The van der Waals surface area contributed by atoms with Crippen LogP contribution in [0.2, 0.25) is 0 Å².